The van der Waals surface area contributed by atoms with Gasteiger partial charge in [0.25, 0.3) is 0 Å². The molecule has 330 valence electrons. The standard InChI is InChI=1S/C67H46N2O/c1-67(2)58-28-10-5-24-52(58)53-36-35-46(42-59(53)67)45-19-15-21-49(40-45)69(60-29-11-6-23-51(60)47-34-33-43-17-3-4-18-44(43)39-47)63-38-37-57-56-27-9-14-32-64(56)70-66(57)65(63)48-20-16-22-50(41-48)68-61-30-12-7-25-54(61)55-26-8-13-31-62(55)68/h3-42H,1-2H3. The van der Waals surface area contributed by atoms with Gasteiger partial charge >= 0.3 is 0 Å². The van der Waals surface area contributed by atoms with Gasteiger partial charge in [0.2, 0.25) is 0 Å². The van der Waals surface area contributed by atoms with E-state index in [-0.39, 0.29) is 5.41 Å². The number of furan rings is 1. The van der Waals surface area contributed by atoms with Crippen LogP contribution in [0.3, 0.4) is 0 Å². The molecule has 0 bridgehead atoms. The summed E-state index contributed by atoms with van der Waals surface area (Å²) in [5, 5.41) is 7.06. The van der Waals surface area contributed by atoms with Gasteiger partial charge in [0.15, 0.2) is 0 Å². The zero-order valence-corrected chi connectivity index (χ0v) is 38.9. The average molecular weight is 895 g/mol. The second-order valence-corrected chi connectivity index (χ2v) is 19.3. The van der Waals surface area contributed by atoms with Crippen LogP contribution in [0, 0.1) is 0 Å². The van der Waals surface area contributed by atoms with Gasteiger partial charge in [-0.05, 0) is 128 Å². The fraction of sp³-hybridized carbons (Fsp3) is 0.0448. The van der Waals surface area contributed by atoms with Crippen LogP contribution < -0.4 is 4.90 Å². The maximum absolute atomic E-state index is 7.08. The zero-order valence-electron chi connectivity index (χ0n) is 38.9. The summed E-state index contributed by atoms with van der Waals surface area (Å²) in [6, 6.07) is 88.8. The Morgan fingerprint density at radius 3 is 1.87 bits per heavy atom. The Kier molecular flexibility index (Phi) is 8.93. The molecule has 1 aliphatic carbocycles. The predicted molar refractivity (Wildman–Crippen MR) is 294 cm³/mol. The van der Waals surface area contributed by atoms with Crippen LogP contribution in [0.5, 0.6) is 0 Å². The average Bonchev–Trinajstić information content (AvgIpc) is 4.04. The SMILES string of the molecule is CC1(C)c2ccccc2-c2ccc(-c3cccc(N(c4ccccc4-c4ccc5ccccc5c4)c4ccc5c(oc6ccccc65)c4-c4cccc(-n5c6ccccc6c6ccccc65)c4)c3)cc21. The quantitative estimate of drug-likeness (QED) is 0.159. The van der Waals surface area contributed by atoms with Crippen molar-refractivity contribution in [3.63, 3.8) is 0 Å². The Labute approximate surface area is 406 Å². The van der Waals surface area contributed by atoms with Crippen molar-refractivity contribution >= 4 is 71.6 Å². The molecule has 0 N–H and O–H groups in total. The van der Waals surface area contributed by atoms with Crippen LogP contribution in [0.15, 0.2) is 247 Å². The molecule has 0 aliphatic heterocycles. The molecule has 13 aromatic rings. The van der Waals surface area contributed by atoms with Crippen LogP contribution in [-0.2, 0) is 5.41 Å². The molecule has 0 atom stereocenters. The largest absolute Gasteiger partial charge is 0.455 e. The van der Waals surface area contributed by atoms with Crippen LogP contribution in [-0.4, -0.2) is 4.57 Å². The van der Waals surface area contributed by atoms with Gasteiger partial charge in [-0.15, -0.1) is 0 Å². The van der Waals surface area contributed by atoms with Crippen LogP contribution in [0.2, 0.25) is 0 Å². The molecular weight excluding hydrogens is 849 g/mol. The molecule has 0 unspecified atom stereocenters. The maximum Gasteiger partial charge on any atom is 0.145 e. The van der Waals surface area contributed by atoms with Crippen molar-refractivity contribution in [2.24, 2.45) is 0 Å². The Morgan fingerprint density at radius 1 is 0.386 bits per heavy atom. The molecule has 0 saturated carbocycles. The molecule has 70 heavy (non-hydrogen) atoms. The third kappa shape index (κ3) is 6.15. The van der Waals surface area contributed by atoms with Gasteiger partial charge in [-0.25, -0.2) is 0 Å². The van der Waals surface area contributed by atoms with Gasteiger partial charge < -0.3 is 13.9 Å². The number of aromatic nitrogens is 1. The minimum atomic E-state index is -0.116. The summed E-state index contributed by atoms with van der Waals surface area (Å²) >= 11 is 0. The second-order valence-electron chi connectivity index (χ2n) is 19.3. The number of hydrogen-bond donors (Lipinski definition) is 0. The van der Waals surface area contributed by atoms with Crippen LogP contribution in [0.4, 0.5) is 17.1 Å². The zero-order chi connectivity index (χ0) is 46.5. The molecular formula is C67H46N2O. The maximum atomic E-state index is 7.08. The van der Waals surface area contributed by atoms with E-state index in [2.05, 4.69) is 266 Å². The van der Waals surface area contributed by atoms with Crippen molar-refractivity contribution in [3.05, 3.63) is 254 Å². The molecule has 2 heterocycles. The monoisotopic (exact) mass is 894 g/mol. The van der Waals surface area contributed by atoms with Gasteiger partial charge in [-0.1, -0.05) is 184 Å². The predicted octanol–water partition coefficient (Wildman–Crippen LogP) is 18.6. The molecule has 0 amide bonds. The lowest BCUT2D eigenvalue weighted by molar-refractivity contribution is 0.660. The fourth-order valence-corrected chi connectivity index (χ4v) is 11.6. The first-order chi connectivity index (χ1) is 34.5. The highest BCUT2D eigenvalue weighted by Gasteiger charge is 2.35. The summed E-state index contributed by atoms with van der Waals surface area (Å²) in [7, 11) is 0. The first-order valence-corrected chi connectivity index (χ1v) is 24.2. The molecule has 14 rings (SSSR count). The molecule has 11 aromatic carbocycles. The smallest absolute Gasteiger partial charge is 0.145 e. The molecule has 1 aliphatic rings. The van der Waals surface area contributed by atoms with E-state index < -0.39 is 0 Å². The summed E-state index contributed by atoms with van der Waals surface area (Å²) < 4.78 is 9.49. The van der Waals surface area contributed by atoms with E-state index >= 15 is 0 Å². The summed E-state index contributed by atoms with van der Waals surface area (Å²) in [5.74, 6) is 0. The third-order valence-electron chi connectivity index (χ3n) is 15.0. The minimum Gasteiger partial charge on any atom is -0.455 e. The van der Waals surface area contributed by atoms with Crippen molar-refractivity contribution in [2.45, 2.75) is 19.3 Å². The Morgan fingerprint density at radius 2 is 1.03 bits per heavy atom. The summed E-state index contributed by atoms with van der Waals surface area (Å²) in [5.41, 5.74) is 20.2. The normalized spacial score (nSPS) is 12.8. The first kappa shape index (κ1) is 40.2. The van der Waals surface area contributed by atoms with Gasteiger partial charge in [0, 0.05) is 49.5 Å². The van der Waals surface area contributed by atoms with E-state index in [1.165, 1.54) is 60.4 Å². The van der Waals surface area contributed by atoms with Crippen molar-refractivity contribution in [1.29, 1.82) is 0 Å². The summed E-state index contributed by atoms with van der Waals surface area (Å²) in [4.78, 5) is 2.47. The van der Waals surface area contributed by atoms with E-state index in [1.807, 2.05) is 0 Å². The topological polar surface area (TPSA) is 21.3 Å². The highest BCUT2D eigenvalue weighted by Crippen LogP contribution is 2.52. The van der Waals surface area contributed by atoms with E-state index in [0.717, 1.165) is 72.5 Å². The van der Waals surface area contributed by atoms with Crippen LogP contribution >= 0.6 is 0 Å². The number of anilines is 3. The number of hydrogen-bond acceptors (Lipinski definition) is 2. The molecule has 3 heteroatoms. The van der Waals surface area contributed by atoms with Gasteiger partial charge in [-0.3, -0.25) is 0 Å². The van der Waals surface area contributed by atoms with E-state index in [0.29, 0.717) is 0 Å². The highest BCUT2D eigenvalue weighted by molar-refractivity contribution is 6.14. The lowest BCUT2D eigenvalue weighted by atomic mass is 9.81. The Balaban J connectivity index is 1.03. The first-order valence-electron chi connectivity index (χ1n) is 24.2. The Hall–Kier alpha value is -8.92. The number of rotatable bonds is 7. The van der Waals surface area contributed by atoms with E-state index in [1.54, 1.807) is 0 Å². The highest BCUT2D eigenvalue weighted by atomic mass is 16.3. The number of nitrogens with zero attached hydrogens (tertiary/aromatic N) is 2. The van der Waals surface area contributed by atoms with E-state index in [4.69, 9.17) is 4.42 Å². The van der Waals surface area contributed by atoms with Crippen molar-refractivity contribution in [3.8, 4) is 50.2 Å². The molecule has 0 radical (unpaired) electrons. The van der Waals surface area contributed by atoms with E-state index in [9.17, 15) is 0 Å². The van der Waals surface area contributed by atoms with Gasteiger partial charge in [0.05, 0.1) is 22.4 Å². The summed E-state index contributed by atoms with van der Waals surface area (Å²) in [6.45, 7) is 4.71. The van der Waals surface area contributed by atoms with Crippen LogP contribution in [0.1, 0.15) is 25.0 Å². The lowest BCUT2D eigenvalue weighted by Crippen LogP contribution is -2.15. The second kappa shape index (κ2) is 15.6. The lowest BCUT2D eigenvalue weighted by Gasteiger charge is -2.30. The summed E-state index contributed by atoms with van der Waals surface area (Å²) in [6.07, 6.45) is 0. The Bertz CT molecular complexity index is 4190. The van der Waals surface area contributed by atoms with Crippen LogP contribution in [0.25, 0.3) is 105 Å². The molecule has 0 spiro atoms. The third-order valence-corrected chi connectivity index (χ3v) is 15.0. The number of benzene rings is 11. The van der Waals surface area contributed by atoms with Crippen molar-refractivity contribution < 1.29 is 4.42 Å². The molecule has 0 saturated heterocycles. The molecule has 0 fully saturated rings. The fourth-order valence-electron chi connectivity index (χ4n) is 11.6. The molecule has 3 nitrogen and oxygen atoms in total. The minimum absolute atomic E-state index is 0.116. The van der Waals surface area contributed by atoms with Crippen molar-refractivity contribution in [1.82, 2.24) is 4.57 Å². The molecule has 2 aromatic heterocycles. The van der Waals surface area contributed by atoms with Gasteiger partial charge in [-0.2, -0.15) is 0 Å². The number of fused-ring (bicyclic) bond motifs is 10. The van der Waals surface area contributed by atoms with Crippen molar-refractivity contribution in [2.75, 3.05) is 4.90 Å². The van der Waals surface area contributed by atoms with Gasteiger partial charge in [0.1, 0.15) is 11.2 Å². The number of para-hydroxylation sites is 4.